The Hall–Kier alpha value is -2.95. The first-order chi connectivity index (χ1) is 12.6. The molecule has 0 atom stereocenters. The molecule has 2 heterocycles. The maximum absolute atomic E-state index is 12.2. The Morgan fingerprint density at radius 3 is 2.88 bits per heavy atom. The lowest BCUT2D eigenvalue weighted by Crippen LogP contribution is -2.27. The number of hydrogen-bond acceptors (Lipinski definition) is 3. The third kappa shape index (κ3) is 4.79. The Labute approximate surface area is 152 Å². The van der Waals surface area contributed by atoms with Gasteiger partial charge in [0.15, 0.2) is 0 Å². The van der Waals surface area contributed by atoms with Crippen LogP contribution >= 0.6 is 0 Å². The summed E-state index contributed by atoms with van der Waals surface area (Å²) in [6, 6.07) is 11.8. The summed E-state index contributed by atoms with van der Waals surface area (Å²) in [6.07, 6.45) is 6.19. The third-order valence-electron chi connectivity index (χ3n) is 4.39. The van der Waals surface area contributed by atoms with Crippen molar-refractivity contribution in [2.75, 3.05) is 6.54 Å². The molecular weight excluding hydrogens is 326 g/mol. The number of carbonyl (C=O) groups is 1. The van der Waals surface area contributed by atoms with Crippen molar-refractivity contribution in [3.8, 4) is 0 Å². The maximum atomic E-state index is 12.2. The molecule has 2 aromatic heterocycles. The molecule has 0 spiro atoms. The molecule has 0 aliphatic heterocycles. The average molecular weight is 349 g/mol. The van der Waals surface area contributed by atoms with Crippen LogP contribution in [-0.4, -0.2) is 22.4 Å². The molecule has 0 saturated heterocycles. The average Bonchev–Trinajstić information content (AvgIpc) is 2.63. The van der Waals surface area contributed by atoms with Crippen molar-refractivity contribution in [3.05, 3.63) is 75.8 Å². The molecule has 0 unspecified atom stereocenters. The summed E-state index contributed by atoms with van der Waals surface area (Å²) in [6.45, 7) is 2.46. The van der Waals surface area contributed by atoms with E-state index < -0.39 is 0 Å². The summed E-state index contributed by atoms with van der Waals surface area (Å²) in [4.78, 5) is 31.1. The second kappa shape index (κ2) is 8.43. The number of amides is 1. The highest BCUT2D eigenvalue weighted by Crippen LogP contribution is 2.13. The summed E-state index contributed by atoms with van der Waals surface area (Å²) in [5.74, 6) is 0.0155. The molecule has 1 amide bonds. The molecule has 0 fully saturated rings. The number of H-pyrrole nitrogens is 1. The number of carbonyl (C=O) groups excluding carboxylic acids is 1. The van der Waals surface area contributed by atoms with E-state index >= 15 is 0 Å². The van der Waals surface area contributed by atoms with Crippen LogP contribution in [0.2, 0.25) is 0 Å². The first-order valence-electron chi connectivity index (χ1n) is 8.90. The van der Waals surface area contributed by atoms with Gasteiger partial charge in [-0.25, -0.2) is 0 Å². The van der Waals surface area contributed by atoms with Crippen molar-refractivity contribution in [1.82, 2.24) is 15.3 Å². The fraction of sp³-hybridized carbons (Fsp3) is 0.286. The summed E-state index contributed by atoms with van der Waals surface area (Å²) < 4.78 is 0. The molecule has 0 aliphatic carbocycles. The highest BCUT2D eigenvalue weighted by molar-refractivity contribution is 5.79. The minimum absolute atomic E-state index is 0.0155. The van der Waals surface area contributed by atoms with E-state index in [1.807, 2.05) is 49.5 Å². The summed E-state index contributed by atoms with van der Waals surface area (Å²) in [7, 11) is 0. The third-order valence-corrected chi connectivity index (χ3v) is 4.39. The van der Waals surface area contributed by atoms with E-state index in [1.54, 1.807) is 6.20 Å². The number of aromatic nitrogens is 2. The second-order valence-corrected chi connectivity index (χ2v) is 6.53. The topological polar surface area (TPSA) is 74.8 Å². The van der Waals surface area contributed by atoms with Crippen LogP contribution < -0.4 is 10.9 Å². The standard InChI is InChI=1S/C21H23N3O2/c1-15-7-8-17-13-18(21(26)24-19(17)12-15)9-11-23-20(25)6-2-4-16-5-3-10-22-14-16/h3,5,7-8,10,12-14H,2,4,6,9,11H2,1H3,(H,23,25)(H,24,26). The van der Waals surface area contributed by atoms with Crippen molar-refractivity contribution < 1.29 is 4.79 Å². The van der Waals surface area contributed by atoms with Crippen LogP contribution in [0.5, 0.6) is 0 Å². The van der Waals surface area contributed by atoms with Gasteiger partial charge in [0.05, 0.1) is 0 Å². The van der Waals surface area contributed by atoms with Gasteiger partial charge >= 0.3 is 0 Å². The first kappa shape index (κ1) is 17.9. The SMILES string of the molecule is Cc1ccc2cc(CCNC(=O)CCCc3cccnc3)c(=O)[nH]c2c1. The lowest BCUT2D eigenvalue weighted by atomic mass is 10.1. The van der Waals surface area contributed by atoms with Gasteiger partial charge in [-0.2, -0.15) is 0 Å². The number of nitrogens with one attached hydrogen (secondary N) is 2. The van der Waals surface area contributed by atoms with Crippen molar-refractivity contribution in [1.29, 1.82) is 0 Å². The van der Waals surface area contributed by atoms with E-state index in [9.17, 15) is 9.59 Å². The van der Waals surface area contributed by atoms with E-state index in [-0.39, 0.29) is 11.5 Å². The molecule has 0 aliphatic rings. The molecule has 3 aromatic rings. The molecule has 1 aromatic carbocycles. The van der Waals surface area contributed by atoms with Gasteiger partial charge in [-0.1, -0.05) is 18.2 Å². The van der Waals surface area contributed by atoms with Crippen LogP contribution in [0.3, 0.4) is 0 Å². The predicted octanol–water partition coefficient (Wildman–Crippen LogP) is 2.91. The highest BCUT2D eigenvalue weighted by atomic mass is 16.1. The van der Waals surface area contributed by atoms with E-state index in [1.165, 1.54) is 0 Å². The first-order valence-corrected chi connectivity index (χ1v) is 8.90. The predicted molar refractivity (Wildman–Crippen MR) is 103 cm³/mol. The Morgan fingerprint density at radius 2 is 2.08 bits per heavy atom. The van der Waals surface area contributed by atoms with E-state index in [4.69, 9.17) is 0 Å². The molecule has 0 radical (unpaired) electrons. The quantitative estimate of drug-likeness (QED) is 0.689. The zero-order valence-electron chi connectivity index (χ0n) is 14.9. The summed E-state index contributed by atoms with van der Waals surface area (Å²) in [5, 5.41) is 3.90. The van der Waals surface area contributed by atoms with E-state index in [0.717, 1.165) is 34.9 Å². The molecule has 3 rings (SSSR count). The molecule has 26 heavy (non-hydrogen) atoms. The Kier molecular flexibility index (Phi) is 5.79. The smallest absolute Gasteiger partial charge is 0.251 e. The number of aryl methyl sites for hydroxylation is 2. The lowest BCUT2D eigenvalue weighted by Gasteiger charge is -2.07. The second-order valence-electron chi connectivity index (χ2n) is 6.53. The Bertz CT molecular complexity index is 948. The Morgan fingerprint density at radius 1 is 1.19 bits per heavy atom. The molecule has 0 bridgehead atoms. The van der Waals surface area contributed by atoms with Gasteiger partial charge in [-0.15, -0.1) is 0 Å². The molecule has 2 N–H and O–H groups in total. The van der Waals surface area contributed by atoms with Crippen molar-refractivity contribution >= 4 is 16.8 Å². The molecule has 5 nitrogen and oxygen atoms in total. The van der Waals surface area contributed by atoms with Gasteiger partial charge in [0.25, 0.3) is 5.56 Å². The molecule has 134 valence electrons. The number of aromatic amines is 1. The van der Waals surface area contributed by atoms with Crippen LogP contribution in [0.4, 0.5) is 0 Å². The maximum Gasteiger partial charge on any atom is 0.251 e. The molecular formula is C21H23N3O2. The molecule has 5 heteroatoms. The summed E-state index contributed by atoms with van der Waals surface area (Å²) in [5.41, 5.74) is 3.70. The number of nitrogens with zero attached hydrogens (tertiary/aromatic N) is 1. The van der Waals surface area contributed by atoms with Crippen molar-refractivity contribution in [2.45, 2.75) is 32.6 Å². The number of benzene rings is 1. The van der Waals surface area contributed by atoms with Gasteiger partial charge in [0.2, 0.25) is 5.91 Å². The number of fused-ring (bicyclic) bond motifs is 1. The molecule has 0 saturated carbocycles. The van der Waals surface area contributed by atoms with Gasteiger partial charge in [-0.3, -0.25) is 14.6 Å². The minimum Gasteiger partial charge on any atom is -0.356 e. The van der Waals surface area contributed by atoms with Crippen LogP contribution in [0, 0.1) is 6.92 Å². The lowest BCUT2D eigenvalue weighted by molar-refractivity contribution is -0.121. The van der Waals surface area contributed by atoms with Crippen LogP contribution in [0.15, 0.2) is 53.6 Å². The monoisotopic (exact) mass is 349 g/mol. The van der Waals surface area contributed by atoms with Crippen LogP contribution in [0.25, 0.3) is 10.9 Å². The highest BCUT2D eigenvalue weighted by Gasteiger charge is 2.05. The normalized spacial score (nSPS) is 10.8. The zero-order chi connectivity index (χ0) is 18.4. The van der Waals surface area contributed by atoms with Gasteiger partial charge in [0, 0.05) is 36.4 Å². The van der Waals surface area contributed by atoms with Gasteiger partial charge in [0.1, 0.15) is 0 Å². The minimum atomic E-state index is -0.0890. The number of pyridine rings is 2. The van der Waals surface area contributed by atoms with Crippen molar-refractivity contribution in [3.63, 3.8) is 0 Å². The number of rotatable bonds is 7. The van der Waals surface area contributed by atoms with Gasteiger partial charge in [-0.05, 0) is 60.9 Å². The fourth-order valence-electron chi connectivity index (χ4n) is 2.97. The largest absolute Gasteiger partial charge is 0.356 e. The van der Waals surface area contributed by atoms with Crippen molar-refractivity contribution in [2.24, 2.45) is 0 Å². The van der Waals surface area contributed by atoms with E-state index in [0.29, 0.717) is 24.9 Å². The van der Waals surface area contributed by atoms with Crippen LogP contribution in [-0.2, 0) is 17.6 Å². The Balaban J connectivity index is 1.47. The van der Waals surface area contributed by atoms with Gasteiger partial charge < -0.3 is 10.3 Å². The van der Waals surface area contributed by atoms with E-state index in [2.05, 4.69) is 15.3 Å². The fourth-order valence-corrected chi connectivity index (χ4v) is 2.97. The zero-order valence-corrected chi connectivity index (χ0v) is 14.9. The number of hydrogen-bond donors (Lipinski definition) is 2. The van der Waals surface area contributed by atoms with Crippen LogP contribution in [0.1, 0.15) is 29.5 Å². The summed E-state index contributed by atoms with van der Waals surface area (Å²) >= 11 is 0.